The first-order chi connectivity index (χ1) is 9.33. The molecular weight excluding hydrogens is 236 g/mol. The topological polar surface area (TPSA) is 24.5 Å². The van der Waals surface area contributed by atoms with Gasteiger partial charge in [0.25, 0.3) is 0 Å². The Hall–Kier alpha value is -0.120. The second-order valence-corrected chi connectivity index (χ2v) is 6.29. The van der Waals surface area contributed by atoms with Crippen molar-refractivity contribution in [3.63, 3.8) is 0 Å². The van der Waals surface area contributed by atoms with Gasteiger partial charge in [0.05, 0.1) is 6.61 Å². The zero-order chi connectivity index (χ0) is 13.5. The predicted octanol–water partition coefficient (Wildman–Crippen LogP) is 2.51. The van der Waals surface area contributed by atoms with Crippen LogP contribution < -0.4 is 5.32 Å². The van der Waals surface area contributed by atoms with Crippen LogP contribution >= 0.6 is 0 Å². The molecule has 3 nitrogen and oxygen atoms in total. The first kappa shape index (κ1) is 15.3. The van der Waals surface area contributed by atoms with Crippen molar-refractivity contribution in [1.29, 1.82) is 0 Å². The highest BCUT2D eigenvalue weighted by molar-refractivity contribution is 4.83. The number of hydrogen-bond donors (Lipinski definition) is 1. The van der Waals surface area contributed by atoms with Gasteiger partial charge in [0.2, 0.25) is 0 Å². The third-order valence-electron chi connectivity index (χ3n) is 4.97. The molecule has 3 unspecified atom stereocenters. The first-order valence-electron chi connectivity index (χ1n) is 8.37. The van der Waals surface area contributed by atoms with Crippen LogP contribution in [0.25, 0.3) is 0 Å². The Morgan fingerprint density at radius 1 is 1.21 bits per heavy atom. The molecule has 2 aliphatic rings. The van der Waals surface area contributed by atoms with Crippen molar-refractivity contribution >= 4 is 0 Å². The number of likely N-dealkylation sites (tertiary alicyclic amines) is 1. The van der Waals surface area contributed by atoms with Crippen molar-refractivity contribution in [2.24, 2.45) is 11.8 Å². The SMILES string of the molecule is CCNC(CN1CCCC(CC)CC1)C1CCOC1. The lowest BCUT2D eigenvalue weighted by Crippen LogP contribution is -2.46. The summed E-state index contributed by atoms with van der Waals surface area (Å²) in [4.78, 5) is 2.70. The zero-order valence-electron chi connectivity index (χ0n) is 12.9. The molecule has 0 saturated carbocycles. The zero-order valence-corrected chi connectivity index (χ0v) is 12.9. The van der Waals surface area contributed by atoms with Crippen LogP contribution in [0.1, 0.15) is 46.0 Å². The average molecular weight is 268 g/mol. The number of hydrogen-bond acceptors (Lipinski definition) is 3. The summed E-state index contributed by atoms with van der Waals surface area (Å²) in [5.74, 6) is 1.70. The molecule has 0 amide bonds. The number of rotatable bonds is 6. The van der Waals surface area contributed by atoms with Gasteiger partial charge >= 0.3 is 0 Å². The largest absolute Gasteiger partial charge is 0.381 e. The van der Waals surface area contributed by atoms with Gasteiger partial charge in [-0.25, -0.2) is 0 Å². The molecule has 2 rings (SSSR count). The summed E-state index contributed by atoms with van der Waals surface area (Å²) in [6.45, 7) is 11.4. The van der Waals surface area contributed by atoms with Gasteiger partial charge in [-0.3, -0.25) is 0 Å². The lowest BCUT2D eigenvalue weighted by atomic mass is 9.98. The molecule has 0 aromatic carbocycles. The van der Waals surface area contributed by atoms with Crippen molar-refractivity contribution < 1.29 is 4.74 Å². The normalized spacial score (nSPS) is 31.3. The van der Waals surface area contributed by atoms with Crippen LogP contribution in [0, 0.1) is 11.8 Å². The van der Waals surface area contributed by atoms with Crippen LogP contribution in [0.3, 0.4) is 0 Å². The van der Waals surface area contributed by atoms with E-state index in [0.29, 0.717) is 6.04 Å². The third kappa shape index (κ3) is 4.73. The van der Waals surface area contributed by atoms with Gasteiger partial charge in [0, 0.05) is 25.1 Å². The van der Waals surface area contributed by atoms with E-state index in [1.807, 2.05) is 0 Å². The van der Waals surface area contributed by atoms with Crippen LogP contribution in [0.2, 0.25) is 0 Å². The van der Waals surface area contributed by atoms with Crippen LogP contribution in [0.15, 0.2) is 0 Å². The fourth-order valence-corrected chi connectivity index (χ4v) is 3.61. The molecule has 0 aliphatic carbocycles. The van der Waals surface area contributed by atoms with Crippen LogP contribution in [0.4, 0.5) is 0 Å². The molecule has 2 fully saturated rings. The highest BCUT2D eigenvalue weighted by Gasteiger charge is 2.27. The van der Waals surface area contributed by atoms with Crippen LogP contribution in [-0.2, 0) is 4.74 Å². The van der Waals surface area contributed by atoms with Gasteiger partial charge in [-0.1, -0.05) is 20.3 Å². The molecule has 2 saturated heterocycles. The first-order valence-corrected chi connectivity index (χ1v) is 8.37. The summed E-state index contributed by atoms with van der Waals surface area (Å²) >= 11 is 0. The Balaban J connectivity index is 1.82. The minimum absolute atomic E-state index is 0.630. The highest BCUT2D eigenvalue weighted by Crippen LogP contribution is 2.22. The third-order valence-corrected chi connectivity index (χ3v) is 4.97. The Labute approximate surface area is 119 Å². The minimum Gasteiger partial charge on any atom is -0.381 e. The number of likely N-dealkylation sites (N-methyl/N-ethyl adjacent to an activating group) is 1. The molecule has 2 heterocycles. The van der Waals surface area contributed by atoms with E-state index < -0.39 is 0 Å². The maximum Gasteiger partial charge on any atom is 0.0510 e. The van der Waals surface area contributed by atoms with E-state index >= 15 is 0 Å². The van der Waals surface area contributed by atoms with E-state index in [-0.39, 0.29) is 0 Å². The number of nitrogens with one attached hydrogen (secondary N) is 1. The summed E-state index contributed by atoms with van der Waals surface area (Å²) in [5, 5.41) is 3.70. The van der Waals surface area contributed by atoms with E-state index in [0.717, 1.165) is 31.6 Å². The molecule has 1 N–H and O–H groups in total. The fraction of sp³-hybridized carbons (Fsp3) is 1.00. The Kier molecular flexibility index (Phi) is 6.62. The molecule has 2 aliphatic heterocycles. The quantitative estimate of drug-likeness (QED) is 0.801. The van der Waals surface area contributed by atoms with Gasteiger partial charge in [-0.2, -0.15) is 0 Å². The maximum absolute atomic E-state index is 5.57. The van der Waals surface area contributed by atoms with E-state index in [1.54, 1.807) is 0 Å². The van der Waals surface area contributed by atoms with Crippen molar-refractivity contribution in [2.45, 2.75) is 52.0 Å². The minimum atomic E-state index is 0.630. The molecule has 3 heteroatoms. The standard InChI is InChI=1S/C16H32N2O/c1-3-14-6-5-9-18(10-7-14)12-16(17-4-2)15-8-11-19-13-15/h14-17H,3-13H2,1-2H3. The van der Waals surface area contributed by atoms with E-state index in [4.69, 9.17) is 4.74 Å². The van der Waals surface area contributed by atoms with Gasteiger partial charge in [0.1, 0.15) is 0 Å². The molecule has 3 atom stereocenters. The highest BCUT2D eigenvalue weighted by atomic mass is 16.5. The summed E-state index contributed by atoms with van der Waals surface area (Å²) in [5.41, 5.74) is 0. The van der Waals surface area contributed by atoms with Crippen molar-refractivity contribution in [3.05, 3.63) is 0 Å². The molecule has 112 valence electrons. The van der Waals surface area contributed by atoms with Crippen molar-refractivity contribution in [2.75, 3.05) is 39.4 Å². The number of nitrogens with zero attached hydrogens (tertiary/aromatic N) is 1. The molecule has 0 aromatic heterocycles. The van der Waals surface area contributed by atoms with Gasteiger partial charge in [-0.15, -0.1) is 0 Å². The van der Waals surface area contributed by atoms with E-state index in [2.05, 4.69) is 24.1 Å². The van der Waals surface area contributed by atoms with Crippen molar-refractivity contribution in [1.82, 2.24) is 10.2 Å². The van der Waals surface area contributed by atoms with Crippen LogP contribution in [0.5, 0.6) is 0 Å². The molecule has 0 bridgehead atoms. The molecule has 0 aromatic rings. The summed E-state index contributed by atoms with van der Waals surface area (Å²) in [7, 11) is 0. The Morgan fingerprint density at radius 2 is 2.11 bits per heavy atom. The van der Waals surface area contributed by atoms with Gasteiger partial charge in [-0.05, 0) is 51.2 Å². The van der Waals surface area contributed by atoms with E-state index in [9.17, 15) is 0 Å². The van der Waals surface area contributed by atoms with E-state index in [1.165, 1.54) is 51.7 Å². The van der Waals surface area contributed by atoms with Gasteiger partial charge in [0.15, 0.2) is 0 Å². The van der Waals surface area contributed by atoms with Gasteiger partial charge < -0.3 is 15.0 Å². The smallest absolute Gasteiger partial charge is 0.0510 e. The fourth-order valence-electron chi connectivity index (χ4n) is 3.61. The van der Waals surface area contributed by atoms with Crippen LogP contribution in [-0.4, -0.2) is 50.3 Å². The second-order valence-electron chi connectivity index (χ2n) is 6.29. The monoisotopic (exact) mass is 268 g/mol. The Morgan fingerprint density at radius 3 is 2.79 bits per heavy atom. The average Bonchev–Trinajstić information content (AvgIpc) is 2.86. The summed E-state index contributed by atoms with van der Waals surface area (Å²) in [6, 6.07) is 0.630. The molecule has 0 spiro atoms. The lowest BCUT2D eigenvalue weighted by Gasteiger charge is -2.30. The molecule has 0 radical (unpaired) electrons. The Bertz CT molecular complexity index is 241. The summed E-state index contributed by atoms with van der Waals surface area (Å²) < 4.78 is 5.57. The molecule has 19 heavy (non-hydrogen) atoms. The second kappa shape index (κ2) is 8.23. The lowest BCUT2D eigenvalue weighted by molar-refractivity contribution is 0.162. The maximum atomic E-state index is 5.57. The number of ether oxygens (including phenoxy) is 1. The van der Waals surface area contributed by atoms with Crippen molar-refractivity contribution in [3.8, 4) is 0 Å². The molecular formula is C16H32N2O. The predicted molar refractivity (Wildman–Crippen MR) is 80.5 cm³/mol. The summed E-state index contributed by atoms with van der Waals surface area (Å²) in [6.07, 6.45) is 6.82.